The van der Waals surface area contributed by atoms with Gasteiger partial charge in [0.05, 0.1) is 11.5 Å². The van der Waals surface area contributed by atoms with Gasteiger partial charge in [0.2, 0.25) is 0 Å². The lowest BCUT2D eigenvalue weighted by Gasteiger charge is -2.30. The van der Waals surface area contributed by atoms with E-state index in [4.69, 9.17) is 9.57 Å². The molecule has 2 aliphatic carbocycles. The van der Waals surface area contributed by atoms with Crippen LogP contribution in [-0.4, -0.2) is 36.8 Å². The molecule has 5 atom stereocenters. The first kappa shape index (κ1) is 8.30. The van der Waals surface area contributed by atoms with Crippen molar-refractivity contribution in [1.82, 2.24) is 5.06 Å². The molecule has 2 heterocycles. The maximum atomic E-state index is 11.7. The topological polar surface area (TPSA) is 38.8 Å². The Kier molecular flexibility index (Phi) is 1.26. The minimum Gasteiger partial charge on any atom is -0.464 e. The maximum absolute atomic E-state index is 11.7. The van der Waals surface area contributed by atoms with Crippen LogP contribution in [0.2, 0.25) is 0 Å². The van der Waals surface area contributed by atoms with Crippen LogP contribution in [-0.2, 0) is 14.4 Å². The summed E-state index contributed by atoms with van der Waals surface area (Å²) in [5.41, 5.74) is -0.0781. The summed E-state index contributed by atoms with van der Waals surface area (Å²) < 4.78 is 5.25. The van der Waals surface area contributed by atoms with Crippen LogP contribution >= 0.6 is 0 Å². The number of fused-ring (bicyclic) bond motifs is 3. The summed E-state index contributed by atoms with van der Waals surface area (Å²) in [5.74, 6) is 0.840. The predicted molar refractivity (Wildman–Crippen MR) is 50.6 cm³/mol. The minimum atomic E-state index is -0.178. The van der Waals surface area contributed by atoms with Crippen LogP contribution in [0, 0.1) is 17.3 Å². The Bertz CT molecular complexity index is 380. The predicted octanol–water partition coefficient (Wildman–Crippen LogP) is 0.350. The molecule has 15 heavy (non-hydrogen) atoms. The second-order valence-electron chi connectivity index (χ2n) is 5.09. The van der Waals surface area contributed by atoms with E-state index in [9.17, 15) is 4.79 Å². The normalized spacial score (nSPS) is 55.9. The van der Waals surface area contributed by atoms with E-state index in [2.05, 4.69) is 12.2 Å². The zero-order chi connectivity index (χ0) is 10.2. The molecule has 4 heteroatoms. The van der Waals surface area contributed by atoms with Crippen molar-refractivity contribution in [3.8, 4) is 0 Å². The van der Waals surface area contributed by atoms with Crippen LogP contribution in [0.3, 0.4) is 0 Å². The smallest absolute Gasteiger partial charge is 0.326 e. The Morgan fingerprint density at radius 2 is 2.40 bits per heavy atom. The average molecular weight is 207 g/mol. The molecule has 0 radical (unpaired) electrons. The highest BCUT2D eigenvalue weighted by molar-refractivity contribution is 5.80. The number of nitrogens with zero attached hydrogens (tertiary/aromatic N) is 1. The molecule has 80 valence electrons. The molecule has 0 aromatic carbocycles. The maximum Gasteiger partial charge on any atom is 0.326 e. The Hall–Kier alpha value is -0.870. The van der Waals surface area contributed by atoms with E-state index >= 15 is 0 Å². The third-order valence-electron chi connectivity index (χ3n) is 4.57. The molecule has 2 aliphatic heterocycles. The van der Waals surface area contributed by atoms with E-state index in [1.165, 1.54) is 0 Å². The van der Waals surface area contributed by atoms with Gasteiger partial charge >= 0.3 is 5.97 Å². The molecule has 0 aromatic rings. The first-order valence-corrected chi connectivity index (χ1v) is 5.48. The quantitative estimate of drug-likeness (QED) is 0.424. The van der Waals surface area contributed by atoms with Crippen molar-refractivity contribution in [2.24, 2.45) is 17.3 Å². The van der Waals surface area contributed by atoms with Gasteiger partial charge in [-0.05, 0) is 12.3 Å². The number of hydrogen-bond donors (Lipinski definition) is 0. The number of hydrogen-bond acceptors (Lipinski definition) is 4. The van der Waals surface area contributed by atoms with Crippen molar-refractivity contribution in [3.63, 3.8) is 0 Å². The summed E-state index contributed by atoms with van der Waals surface area (Å²) in [4.78, 5) is 17.5. The lowest BCUT2D eigenvalue weighted by atomic mass is 9.71. The minimum absolute atomic E-state index is 0.0781. The van der Waals surface area contributed by atoms with Crippen molar-refractivity contribution in [2.45, 2.75) is 18.6 Å². The number of ether oxygens (including phenoxy) is 1. The molecule has 0 amide bonds. The lowest BCUT2D eigenvalue weighted by molar-refractivity contribution is -0.177. The van der Waals surface area contributed by atoms with Crippen LogP contribution in [0.1, 0.15) is 6.42 Å². The monoisotopic (exact) mass is 207 g/mol. The van der Waals surface area contributed by atoms with Crippen molar-refractivity contribution >= 4 is 5.97 Å². The molecule has 0 unspecified atom stereocenters. The van der Waals surface area contributed by atoms with Gasteiger partial charge in [-0.25, -0.2) is 0 Å². The number of carbonyl (C=O) groups excluding carboxylic acids is 1. The fourth-order valence-electron chi connectivity index (χ4n) is 3.98. The number of rotatable bonds is 0. The fourth-order valence-corrected chi connectivity index (χ4v) is 3.98. The van der Waals surface area contributed by atoms with Gasteiger partial charge in [0.25, 0.3) is 0 Å². The highest BCUT2D eigenvalue weighted by Crippen LogP contribution is 2.61. The molecule has 1 saturated carbocycles. The second-order valence-corrected chi connectivity index (χ2v) is 5.09. The molecule has 3 fully saturated rings. The summed E-state index contributed by atoms with van der Waals surface area (Å²) >= 11 is 0. The zero-order valence-corrected chi connectivity index (χ0v) is 8.55. The van der Waals surface area contributed by atoms with E-state index in [1.807, 2.05) is 7.05 Å². The first-order chi connectivity index (χ1) is 7.23. The molecule has 0 aromatic heterocycles. The lowest BCUT2D eigenvalue weighted by Crippen LogP contribution is -2.45. The Balaban J connectivity index is 1.88. The molecule has 4 rings (SSSR count). The van der Waals surface area contributed by atoms with E-state index in [0.29, 0.717) is 18.4 Å². The molecule has 1 spiro atoms. The fraction of sp³-hybridized carbons (Fsp3) is 0.727. The number of hydroxylamine groups is 2. The van der Waals surface area contributed by atoms with E-state index in [-0.39, 0.29) is 23.5 Å². The SMILES string of the molecule is CN1O[C@H]2[C@@H]3C=C[C@@H](C3)[C@]23COC(=O)[C@H]13. The number of carbonyl (C=O) groups is 1. The van der Waals surface area contributed by atoms with Crippen LogP contribution < -0.4 is 0 Å². The summed E-state index contributed by atoms with van der Waals surface area (Å²) in [6.45, 7) is 0.539. The Morgan fingerprint density at radius 1 is 1.53 bits per heavy atom. The number of likely N-dealkylation sites (N-methyl/N-ethyl adjacent to an activating group) is 1. The Labute approximate surface area is 87.8 Å². The largest absolute Gasteiger partial charge is 0.464 e. The highest BCUT2D eigenvalue weighted by atomic mass is 16.7. The van der Waals surface area contributed by atoms with Crippen LogP contribution in [0.4, 0.5) is 0 Å². The molecule has 2 saturated heterocycles. The highest BCUT2D eigenvalue weighted by Gasteiger charge is 2.71. The standard InChI is InChI=1S/C11H13NO3/c1-12-8-10(13)14-5-11(8)7-3-2-6(4-7)9(11)15-12/h2-3,6-9H,4-5H2,1H3/t6-,7+,8+,9+,11+/m1/s1. The van der Waals surface area contributed by atoms with Gasteiger partial charge < -0.3 is 4.74 Å². The molecule has 2 bridgehead atoms. The molecule has 4 nitrogen and oxygen atoms in total. The van der Waals surface area contributed by atoms with Gasteiger partial charge in [0, 0.05) is 13.0 Å². The van der Waals surface area contributed by atoms with E-state index < -0.39 is 0 Å². The van der Waals surface area contributed by atoms with Gasteiger partial charge in [-0.3, -0.25) is 9.63 Å². The molecular formula is C11H13NO3. The van der Waals surface area contributed by atoms with Crippen molar-refractivity contribution in [3.05, 3.63) is 12.2 Å². The summed E-state index contributed by atoms with van der Waals surface area (Å²) in [6.07, 6.45) is 5.78. The van der Waals surface area contributed by atoms with Gasteiger partial charge in [0.1, 0.15) is 12.6 Å². The third kappa shape index (κ3) is 0.702. The molecule has 0 N–H and O–H groups in total. The van der Waals surface area contributed by atoms with E-state index in [1.54, 1.807) is 5.06 Å². The van der Waals surface area contributed by atoms with Crippen LogP contribution in [0.5, 0.6) is 0 Å². The number of allylic oxidation sites excluding steroid dienone is 1. The van der Waals surface area contributed by atoms with Crippen molar-refractivity contribution in [2.75, 3.05) is 13.7 Å². The van der Waals surface area contributed by atoms with E-state index in [0.717, 1.165) is 6.42 Å². The van der Waals surface area contributed by atoms with Gasteiger partial charge in [-0.15, -0.1) is 0 Å². The second kappa shape index (κ2) is 2.28. The van der Waals surface area contributed by atoms with Crippen LogP contribution in [0.15, 0.2) is 12.2 Å². The first-order valence-electron chi connectivity index (χ1n) is 5.48. The Morgan fingerprint density at radius 3 is 3.27 bits per heavy atom. The van der Waals surface area contributed by atoms with Crippen molar-refractivity contribution in [1.29, 1.82) is 0 Å². The van der Waals surface area contributed by atoms with Crippen molar-refractivity contribution < 1.29 is 14.4 Å². The molecular weight excluding hydrogens is 194 g/mol. The zero-order valence-electron chi connectivity index (χ0n) is 8.55. The summed E-state index contributed by atoms with van der Waals surface area (Å²) in [5, 5.41) is 1.71. The van der Waals surface area contributed by atoms with Gasteiger partial charge in [-0.1, -0.05) is 12.2 Å². The van der Waals surface area contributed by atoms with Crippen LogP contribution in [0.25, 0.3) is 0 Å². The van der Waals surface area contributed by atoms with Gasteiger partial charge in [0.15, 0.2) is 0 Å². The summed E-state index contributed by atoms with van der Waals surface area (Å²) in [7, 11) is 1.84. The third-order valence-corrected chi connectivity index (χ3v) is 4.57. The molecule has 4 aliphatic rings. The average Bonchev–Trinajstić information content (AvgIpc) is 2.86. The summed E-state index contributed by atoms with van der Waals surface area (Å²) in [6, 6.07) is -0.178. The number of esters is 1. The number of cyclic esters (lactones) is 1. The van der Waals surface area contributed by atoms with Gasteiger partial charge in [-0.2, -0.15) is 5.06 Å².